The van der Waals surface area contributed by atoms with Gasteiger partial charge in [0.25, 0.3) is 0 Å². The second-order valence-corrected chi connectivity index (χ2v) is 5.93. The Labute approximate surface area is 108 Å². The first-order valence-electron chi connectivity index (χ1n) is 6.69. The van der Waals surface area contributed by atoms with E-state index in [0.29, 0.717) is 18.7 Å². The molecule has 2 aliphatic rings. The van der Waals surface area contributed by atoms with E-state index in [0.717, 1.165) is 44.9 Å². The van der Waals surface area contributed by atoms with Gasteiger partial charge in [-0.25, -0.2) is 4.79 Å². The Morgan fingerprint density at radius 1 is 1.33 bits per heavy atom. The maximum atomic E-state index is 11.1. The molecular formula is C13H22N2O3. The van der Waals surface area contributed by atoms with Gasteiger partial charge in [0.2, 0.25) is 6.41 Å². The van der Waals surface area contributed by atoms with Crippen molar-refractivity contribution in [2.45, 2.75) is 57.5 Å². The Hall–Kier alpha value is -1.26. The van der Waals surface area contributed by atoms with Gasteiger partial charge in [0.15, 0.2) is 0 Å². The molecule has 2 amide bonds. The lowest BCUT2D eigenvalue weighted by Gasteiger charge is -2.40. The van der Waals surface area contributed by atoms with Crippen LogP contribution in [0.1, 0.15) is 45.4 Å². The Kier molecular flexibility index (Phi) is 3.78. The fraction of sp³-hybridized carbons (Fsp3) is 0.846. The lowest BCUT2D eigenvalue weighted by molar-refractivity contribution is -0.122. The first-order chi connectivity index (χ1) is 8.54. The minimum atomic E-state index is -0.703. The molecule has 2 N–H and O–H groups in total. The predicted molar refractivity (Wildman–Crippen MR) is 66.8 cm³/mol. The second kappa shape index (κ2) is 5.16. The Balaban J connectivity index is 1.82. The predicted octanol–water partition coefficient (Wildman–Crippen LogP) is 1.65. The van der Waals surface area contributed by atoms with E-state index in [4.69, 9.17) is 10.5 Å². The number of nitrogens with two attached hydrogens (primary N) is 1. The Morgan fingerprint density at radius 3 is 2.33 bits per heavy atom. The van der Waals surface area contributed by atoms with Crippen molar-refractivity contribution in [2.24, 2.45) is 11.1 Å². The molecule has 0 heterocycles. The van der Waals surface area contributed by atoms with Gasteiger partial charge in [-0.3, -0.25) is 4.79 Å². The van der Waals surface area contributed by atoms with E-state index < -0.39 is 6.09 Å². The normalized spacial score (nSPS) is 31.7. The van der Waals surface area contributed by atoms with Gasteiger partial charge in [-0.15, -0.1) is 0 Å². The van der Waals surface area contributed by atoms with E-state index in [1.54, 1.807) is 0 Å². The zero-order valence-corrected chi connectivity index (χ0v) is 10.9. The van der Waals surface area contributed by atoms with E-state index >= 15 is 0 Å². The summed E-state index contributed by atoms with van der Waals surface area (Å²) in [5.41, 5.74) is 5.02. The molecule has 0 unspecified atom stereocenters. The Morgan fingerprint density at radius 2 is 1.89 bits per heavy atom. The molecule has 0 aromatic carbocycles. The molecule has 0 spiro atoms. The summed E-state index contributed by atoms with van der Waals surface area (Å²) < 4.78 is 4.92. The van der Waals surface area contributed by atoms with Crippen molar-refractivity contribution in [3.63, 3.8) is 0 Å². The average molecular weight is 254 g/mol. The quantitative estimate of drug-likeness (QED) is 0.758. The minimum absolute atomic E-state index is 0.0175. The van der Waals surface area contributed by atoms with Gasteiger partial charge in [0, 0.05) is 17.5 Å². The number of carbonyl (C=O) groups excluding carboxylic acids is 2. The van der Waals surface area contributed by atoms with Crippen LogP contribution in [-0.2, 0) is 9.53 Å². The Bertz CT molecular complexity index is 320. The standard InChI is InChI=1S/C13H22N2O3/c1-13(8-18-12(14)17)6-4-11(5-7-13)15(9-16)10-2-3-10/h9-11H,2-8H2,1H3,(H2,14,17). The molecule has 2 aliphatic carbocycles. The highest BCUT2D eigenvalue weighted by atomic mass is 16.5. The first-order valence-corrected chi connectivity index (χ1v) is 6.69. The fourth-order valence-electron chi connectivity index (χ4n) is 2.83. The van der Waals surface area contributed by atoms with Crippen molar-refractivity contribution in [3.05, 3.63) is 0 Å². The average Bonchev–Trinajstić information content (AvgIpc) is 3.15. The van der Waals surface area contributed by atoms with E-state index in [9.17, 15) is 9.59 Å². The zero-order chi connectivity index (χ0) is 13.2. The third-order valence-electron chi connectivity index (χ3n) is 4.24. The van der Waals surface area contributed by atoms with Crippen LogP contribution in [0.3, 0.4) is 0 Å². The minimum Gasteiger partial charge on any atom is -0.449 e. The van der Waals surface area contributed by atoms with Crippen molar-refractivity contribution in [1.82, 2.24) is 4.90 Å². The lowest BCUT2D eigenvalue weighted by Crippen LogP contribution is -2.42. The number of hydrogen-bond acceptors (Lipinski definition) is 3. The highest BCUT2D eigenvalue weighted by molar-refractivity contribution is 5.64. The molecule has 2 saturated carbocycles. The second-order valence-electron chi connectivity index (χ2n) is 5.93. The monoisotopic (exact) mass is 254 g/mol. The summed E-state index contributed by atoms with van der Waals surface area (Å²) in [4.78, 5) is 23.7. The summed E-state index contributed by atoms with van der Waals surface area (Å²) in [6.07, 6.45) is 6.54. The smallest absolute Gasteiger partial charge is 0.404 e. The van der Waals surface area contributed by atoms with Crippen LogP contribution in [-0.4, -0.2) is 36.1 Å². The van der Waals surface area contributed by atoms with Crippen LogP contribution in [0.2, 0.25) is 0 Å². The number of hydrogen-bond donors (Lipinski definition) is 1. The van der Waals surface area contributed by atoms with Crippen molar-refractivity contribution in [2.75, 3.05) is 6.61 Å². The molecule has 0 bridgehead atoms. The van der Waals surface area contributed by atoms with Crippen molar-refractivity contribution >= 4 is 12.5 Å². The summed E-state index contributed by atoms with van der Waals surface area (Å²) in [5, 5.41) is 0. The van der Waals surface area contributed by atoms with Gasteiger partial charge in [-0.05, 0) is 38.5 Å². The van der Waals surface area contributed by atoms with E-state index in [-0.39, 0.29) is 5.41 Å². The molecule has 0 saturated heterocycles. The number of carbonyl (C=O) groups is 2. The zero-order valence-electron chi connectivity index (χ0n) is 10.9. The van der Waals surface area contributed by atoms with Crippen LogP contribution < -0.4 is 5.73 Å². The molecule has 2 rings (SSSR count). The number of amides is 2. The molecule has 18 heavy (non-hydrogen) atoms. The number of nitrogens with zero attached hydrogens (tertiary/aromatic N) is 1. The number of rotatable bonds is 5. The van der Waals surface area contributed by atoms with Crippen molar-refractivity contribution in [3.8, 4) is 0 Å². The van der Waals surface area contributed by atoms with Crippen molar-refractivity contribution in [1.29, 1.82) is 0 Å². The molecule has 2 fully saturated rings. The molecule has 0 aromatic heterocycles. The van der Waals surface area contributed by atoms with Crippen molar-refractivity contribution < 1.29 is 14.3 Å². The van der Waals surface area contributed by atoms with Crippen LogP contribution in [0.15, 0.2) is 0 Å². The first kappa shape index (κ1) is 13.2. The van der Waals surface area contributed by atoms with Crippen LogP contribution >= 0.6 is 0 Å². The SMILES string of the molecule is CC1(COC(N)=O)CCC(N(C=O)C2CC2)CC1. The number of ether oxygens (including phenoxy) is 1. The maximum Gasteiger partial charge on any atom is 0.404 e. The highest BCUT2D eigenvalue weighted by Gasteiger charge is 2.38. The lowest BCUT2D eigenvalue weighted by atomic mass is 9.74. The molecule has 0 atom stereocenters. The number of primary amides is 1. The van der Waals surface area contributed by atoms with Gasteiger partial charge in [0.05, 0.1) is 6.61 Å². The molecule has 0 aliphatic heterocycles. The molecule has 0 aromatic rings. The van der Waals surface area contributed by atoms with Crippen LogP contribution in [0, 0.1) is 5.41 Å². The summed E-state index contributed by atoms with van der Waals surface area (Å²) in [6.45, 7) is 2.51. The van der Waals surface area contributed by atoms with Gasteiger partial charge >= 0.3 is 6.09 Å². The highest BCUT2D eigenvalue weighted by Crippen LogP contribution is 2.40. The third-order valence-corrected chi connectivity index (χ3v) is 4.24. The topological polar surface area (TPSA) is 72.6 Å². The van der Waals surface area contributed by atoms with Gasteiger partial charge < -0.3 is 15.4 Å². The molecule has 5 heteroatoms. The summed E-state index contributed by atoms with van der Waals surface area (Å²) in [5.74, 6) is 0. The molecular weight excluding hydrogens is 232 g/mol. The fourth-order valence-corrected chi connectivity index (χ4v) is 2.83. The van der Waals surface area contributed by atoms with E-state index in [1.165, 1.54) is 0 Å². The maximum absolute atomic E-state index is 11.1. The van der Waals surface area contributed by atoms with Crippen LogP contribution in [0.4, 0.5) is 4.79 Å². The molecule has 102 valence electrons. The molecule has 0 radical (unpaired) electrons. The van der Waals surface area contributed by atoms with Gasteiger partial charge in [-0.1, -0.05) is 6.92 Å². The van der Waals surface area contributed by atoms with Crippen LogP contribution in [0.5, 0.6) is 0 Å². The van der Waals surface area contributed by atoms with E-state index in [2.05, 4.69) is 6.92 Å². The largest absolute Gasteiger partial charge is 0.449 e. The van der Waals surface area contributed by atoms with Gasteiger partial charge in [-0.2, -0.15) is 0 Å². The van der Waals surface area contributed by atoms with Crippen LogP contribution in [0.25, 0.3) is 0 Å². The van der Waals surface area contributed by atoms with Gasteiger partial charge in [0.1, 0.15) is 0 Å². The van der Waals surface area contributed by atoms with E-state index in [1.807, 2.05) is 4.90 Å². The third kappa shape index (κ3) is 3.15. The summed E-state index contributed by atoms with van der Waals surface area (Å²) in [7, 11) is 0. The summed E-state index contributed by atoms with van der Waals surface area (Å²) in [6, 6.07) is 0.857. The summed E-state index contributed by atoms with van der Waals surface area (Å²) >= 11 is 0. The molecule has 5 nitrogen and oxygen atoms in total.